The molecule has 20 heavy (non-hydrogen) atoms. The molecular weight excluding hydrogens is 325 g/mol. The second kappa shape index (κ2) is 6.05. The fourth-order valence-electron chi connectivity index (χ4n) is 1.81. The highest BCUT2D eigenvalue weighted by atomic mass is 79.9. The Balaban J connectivity index is 2.36. The van der Waals surface area contributed by atoms with E-state index in [1.165, 1.54) is 12.1 Å². The first-order valence-electron chi connectivity index (χ1n) is 6.05. The summed E-state index contributed by atoms with van der Waals surface area (Å²) in [5.41, 5.74) is 6.54. The summed E-state index contributed by atoms with van der Waals surface area (Å²) in [5.74, 6) is -0.0608. The monoisotopic (exact) mass is 337 g/mol. The number of ketones is 1. The van der Waals surface area contributed by atoms with Crippen molar-refractivity contribution in [2.24, 2.45) is 0 Å². The highest BCUT2D eigenvalue weighted by Crippen LogP contribution is 2.28. The van der Waals surface area contributed by atoms with Crippen LogP contribution in [0.4, 0.5) is 10.1 Å². The number of halogens is 2. The summed E-state index contributed by atoms with van der Waals surface area (Å²) in [6, 6.07) is 8.76. The summed E-state index contributed by atoms with van der Waals surface area (Å²) in [6.07, 6.45) is 0. The normalized spacial score (nSPS) is 10.3. The highest BCUT2D eigenvalue weighted by Gasteiger charge is 2.14. The number of carbonyl (C=O) groups is 1. The number of hydrogen-bond acceptors (Lipinski definition) is 3. The molecule has 0 heterocycles. The third kappa shape index (κ3) is 2.99. The standard InChI is InChI=1S/C15H13BrFNO2/c1-2-20-14-6-3-9(7-12(14)16)15(19)11-5-4-10(17)8-13(11)18/h3-8H,2,18H2,1H3. The summed E-state index contributed by atoms with van der Waals surface area (Å²) in [5, 5.41) is 0. The molecule has 0 atom stereocenters. The van der Waals surface area contributed by atoms with Crippen molar-refractivity contribution in [1.82, 2.24) is 0 Å². The van der Waals surface area contributed by atoms with E-state index in [-0.39, 0.29) is 17.0 Å². The smallest absolute Gasteiger partial charge is 0.195 e. The van der Waals surface area contributed by atoms with Crippen LogP contribution < -0.4 is 10.5 Å². The van der Waals surface area contributed by atoms with Crippen LogP contribution in [0.1, 0.15) is 22.8 Å². The summed E-state index contributed by atoms with van der Waals surface area (Å²) >= 11 is 3.35. The minimum Gasteiger partial charge on any atom is -0.493 e. The van der Waals surface area contributed by atoms with Gasteiger partial charge in [-0.25, -0.2) is 4.39 Å². The molecule has 0 saturated carbocycles. The van der Waals surface area contributed by atoms with Gasteiger partial charge in [-0.2, -0.15) is 0 Å². The second-order valence-corrected chi connectivity index (χ2v) is 4.99. The maximum Gasteiger partial charge on any atom is 0.195 e. The zero-order valence-corrected chi connectivity index (χ0v) is 12.4. The Bertz CT molecular complexity index is 658. The zero-order valence-electron chi connectivity index (χ0n) is 10.8. The van der Waals surface area contributed by atoms with Crippen LogP contribution in [0.5, 0.6) is 5.75 Å². The minimum absolute atomic E-state index is 0.125. The van der Waals surface area contributed by atoms with Crippen molar-refractivity contribution in [3.63, 3.8) is 0 Å². The highest BCUT2D eigenvalue weighted by molar-refractivity contribution is 9.10. The first-order chi connectivity index (χ1) is 9.52. The zero-order chi connectivity index (χ0) is 14.7. The summed E-state index contributed by atoms with van der Waals surface area (Å²) in [7, 11) is 0. The van der Waals surface area contributed by atoms with Gasteiger partial charge in [0.1, 0.15) is 11.6 Å². The molecule has 2 aromatic rings. The number of ether oxygens (including phenoxy) is 1. The molecule has 0 saturated heterocycles. The molecule has 0 spiro atoms. The van der Waals surface area contributed by atoms with E-state index in [2.05, 4.69) is 15.9 Å². The lowest BCUT2D eigenvalue weighted by molar-refractivity contribution is 0.103. The molecule has 0 amide bonds. The van der Waals surface area contributed by atoms with E-state index in [4.69, 9.17) is 10.5 Å². The van der Waals surface area contributed by atoms with Gasteiger partial charge in [-0.1, -0.05) is 0 Å². The van der Waals surface area contributed by atoms with Crippen LogP contribution in [-0.2, 0) is 0 Å². The van der Waals surface area contributed by atoms with E-state index in [1.54, 1.807) is 18.2 Å². The lowest BCUT2D eigenvalue weighted by Crippen LogP contribution is -2.06. The number of carbonyl (C=O) groups excluding carboxylic acids is 1. The molecule has 0 aliphatic rings. The molecule has 0 unspecified atom stereocenters. The van der Waals surface area contributed by atoms with Crippen molar-refractivity contribution in [1.29, 1.82) is 0 Å². The summed E-state index contributed by atoms with van der Waals surface area (Å²) < 4.78 is 19.1. The molecule has 0 radical (unpaired) electrons. The largest absolute Gasteiger partial charge is 0.493 e. The number of rotatable bonds is 4. The number of nitrogens with two attached hydrogens (primary N) is 1. The Labute approximate surface area is 124 Å². The van der Waals surface area contributed by atoms with Crippen LogP contribution in [0.3, 0.4) is 0 Å². The van der Waals surface area contributed by atoms with Gasteiger partial charge in [-0.05, 0) is 59.3 Å². The Kier molecular flexibility index (Phi) is 4.39. The van der Waals surface area contributed by atoms with Crippen LogP contribution in [-0.4, -0.2) is 12.4 Å². The molecule has 0 bridgehead atoms. The molecule has 104 valence electrons. The SMILES string of the molecule is CCOc1ccc(C(=O)c2ccc(F)cc2N)cc1Br. The van der Waals surface area contributed by atoms with Gasteiger partial charge >= 0.3 is 0 Å². The molecule has 0 aliphatic heterocycles. The number of nitrogen functional groups attached to an aromatic ring is 1. The Hall–Kier alpha value is -1.88. The van der Waals surface area contributed by atoms with E-state index in [1.807, 2.05) is 6.92 Å². The van der Waals surface area contributed by atoms with E-state index in [9.17, 15) is 9.18 Å². The van der Waals surface area contributed by atoms with Crippen LogP contribution >= 0.6 is 15.9 Å². The van der Waals surface area contributed by atoms with E-state index < -0.39 is 5.82 Å². The quantitative estimate of drug-likeness (QED) is 0.681. The Morgan fingerprint density at radius 3 is 2.65 bits per heavy atom. The molecule has 5 heteroatoms. The van der Waals surface area contributed by atoms with E-state index in [0.29, 0.717) is 22.4 Å². The van der Waals surface area contributed by atoms with Crippen molar-refractivity contribution in [2.75, 3.05) is 12.3 Å². The molecule has 2 aromatic carbocycles. The first kappa shape index (κ1) is 14.5. The van der Waals surface area contributed by atoms with Gasteiger partial charge in [-0.3, -0.25) is 4.79 Å². The Morgan fingerprint density at radius 1 is 1.30 bits per heavy atom. The molecule has 0 aromatic heterocycles. The van der Waals surface area contributed by atoms with Gasteiger partial charge in [-0.15, -0.1) is 0 Å². The molecular formula is C15H13BrFNO2. The lowest BCUT2D eigenvalue weighted by Gasteiger charge is -2.09. The Morgan fingerprint density at radius 2 is 2.05 bits per heavy atom. The molecule has 3 nitrogen and oxygen atoms in total. The van der Waals surface area contributed by atoms with Crippen molar-refractivity contribution in [2.45, 2.75) is 6.92 Å². The number of anilines is 1. The van der Waals surface area contributed by atoms with Gasteiger partial charge in [0, 0.05) is 16.8 Å². The van der Waals surface area contributed by atoms with Gasteiger partial charge in [0.05, 0.1) is 11.1 Å². The topological polar surface area (TPSA) is 52.3 Å². The van der Waals surface area contributed by atoms with Crippen molar-refractivity contribution < 1.29 is 13.9 Å². The summed E-state index contributed by atoms with van der Waals surface area (Å²) in [4.78, 5) is 12.3. The average Bonchev–Trinajstić information content (AvgIpc) is 2.40. The fourth-order valence-corrected chi connectivity index (χ4v) is 2.30. The van der Waals surface area contributed by atoms with Gasteiger partial charge < -0.3 is 10.5 Å². The van der Waals surface area contributed by atoms with Crippen LogP contribution in [0.25, 0.3) is 0 Å². The summed E-state index contributed by atoms with van der Waals surface area (Å²) in [6.45, 7) is 2.42. The maximum atomic E-state index is 13.0. The molecule has 0 fully saturated rings. The average molecular weight is 338 g/mol. The van der Waals surface area contributed by atoms with E-state index >= 15 is 0 Å². The number of benzene rings is 2. The predicted molar refractivity (Wildman–Crippen MR) is 79.6 cm³/mol. The third-order valence-corrected chi connectivity index (χ3v) is 3.37. The van der Waals surface area contributed by atoms with Gasteiger partial charge in [0.2, 0.25) is 0 Å². The van der Waals surface area contributed by atoms with E-state index in [0.717, 1.165) is 6.07 Å². The predicted octanol–water partition coefficient (Wildman–Crippen LogP) is 3.80. The molecule has 0 aliphatic carbocycles. The first-order valence-corrected chi connectivity index (χ1v) is 6.84. The van der Waals surface area contributed by atoms with Crippen molar-refractivity contribution in [3.05, 3.63) is 57.8 Å². The van der Waals surface area contributed by atoms with Crippen LogP contribution in [0.15, 0.2) is 40.9 Å². The van der Waals surface area contributed by atoms with Crippen molar-refractivity contribution >= 4 is 27.4 Å². The minimum atomic E-state index is -0.466. The molecule has 2 N–H and O–H groups in total. The van der Waals surface area contributed by atoms with Gasteiger partial charge in [0.15, 0.2) is 5.78 Å². The van der Waals surface area contributed by atoms with Gasteiger partial charge in [0.25, 0.3) is 0 Å². The fraction of sp³-hybridized carbons (Fsp3) is 0.133. The van der Waals surface area contributed by atoms with Crippen LogP contribution in [0.2, 0.25) is 0 Å². The third-order valence-electron chi connectivity index (χ3n) is 2.75. The van der Waals surface area contributed by atoms with Crippen molar-refractivity contribution in [3.8, 4) is 5.75 Å². The van der Waals surface area contributed by atoms with Crippen LogP contribution in [0, 0.1) is 5.82 Å². The lowest BCUT2D eigenvalue weighted by atomic mass is 10.0. The number of hydrogen-bond donors (Lipinski definition) is 1. The maximum absolute atomic E-state index is 13.0. The second-order valence-electron chi connectivity index (χ2n) is 4.14. The molecule has 2 rings (SSSR count).